The molecule has 0 spiro atoms. The van der Waals surface area contributed by atoms with Gasteiger partial charge in [0.2, 0.25) is 0 Å². The molecule has 3 rings (SSSR count). The summed E-state index contributed by atoms with van der Waals surface area (Å²) >= 11 is 0. The number of hydrogen-bond donors (Lipinski definition) is 2. The van der Waals surface area contributed by atoms with Crippen LogP contribution in [0.1, 0.15) is 54.6 Å². The van der Waals surface area contributed by atoms with Gasteiger partial charge in [0.05, 0.1) is 0 Å². The number of benzene rings is 1. The predicted octanol–water partition coefficient (Wildman–Crippen LogP) is 3.58. The average molecular weight is 338 g/mol. The van der Waals surface area contributed by atoms with E-state index in [1.807, 2.05) is 18.2 Å². The third-order valence-electron chi connectivity index (χ3n) is 4.65. The van der Waals surface area contributed by atoms with E-state index in [9.17, 15) is 4.79 Å². The summed E-state index contributed by atoms with van der Waals surface area (Å²) in [7, 11) is 0. The quantitative estimate of drug-likeness (QED) is 0.790. The maximum Gasteiger partial charge on any atom is 0.270 e. The van der Waals surface area contributed by atoms with Gasteiger partial charge in [0.25, 0.3) is 5.91 Å². The smallest absolute Gasteiger partial charge is 0.270 e. The first-order chi connectivity index (χ1) is 12.3. The molecule has 1 aromatic heterocycles. The number of hydrogen-bond acceptors (Lipinski definition) is 4. The summed E-state index contributed by atoms with van der Waals surface area (Å²) in [6.45, 7) is 0.769. The van der Waals surface area contributed by atoms with Gasteiger partial charge in [-0.15, -0.1) is 0 Å². The molecule has 1 saturated carbocycles. The summed E-state index contributed by atoms with van der Waals surface area (Å²) in [5.41, 5.74) is 1.71. The van der Waals surface area contributed by atoms with E-state index in [4.69, 9.17) is 0 Å². The minimum absolute atomic E-state index is 0.0968. The van der Waals surface area contributed by atoms with Crippen LogP contribution in [0.4, 0.5) is 5.82 Å². The third kappa shape index (κ3) is 5.55. The number of carbonyl (C=O) groups is 1. The Hall–Kier alpha value is -2.43. The van der Waals surface area contributed by atoms with Crippen molar-refractivity contribution < 1.29 is 4.79 Å². The lowest BCUT2D eigenvalue weighted by atomic mass is 10.1. The van der Waals surface area contributed by atoms with Gasteiger partial charge in [-0.1, -0.05) is 56.0 Å². The Bertz CT molecular complexity index is 666. The van der Waals surface area contributed by atoms with Crippen LogP contribution in [-0.2, 0) is 6.42 Å². The molecule has 1 heterocycles. The molecule has 0 radical (unpaired) electrons. The molecule has 0 aliphatic heterocycles. The van der Waals surface area contributed by atoms with Crippen LogP contribution in [0, 0.1) is 0 Å². The van der Waals surface area contributed by atoms with E-state index in [0.717, 1.165) is 25.8 Å². The lowest BCUT2D eigenvalue weighted by molar-refractivity contribution is 0.0928. The SMILES string of the molecule is O=C(NC1CCCCCC1)c1cc(NCCc2ccccc2)ncn1. The average Bonchev–Trinajstić information content (AvgIpc) is 2.91. The van der Waals surface area contributed by atoms with Gasteiger partial charge in [0, 0.05) is 18.7 Å². The van der Waals surface area contributed by atoms with E-state index in [0.29, 0.717) is 11.5 Å². The molecule has 0 saturated heterocycles. The minimum Gasteiger partial charge on any atom is -0.370 e. The maximum absolute atomic E-state index is 12.4. The molecule has 2 aromatic rings. The van der Waals surface area contributed by atoms with Crippen molar-refractivity contribution in [2.24, 2.45) is 0 Å². The molecule has 1 fully saturated rings. The zero-order valence-electron chi connectivity index (χ0n) is 14.6. The summed E-state index contributed by atoms with van der Waals surface area (Å²) in [5, 5.41) is 6.40. The van der Waals surface area contributed by atoms with E-state index >= 15 is 0 Å². The first-order valence-corrected chi connectivity index (χ1v) is 9.22. The molecule has 1 aliphatic carbocycles. The molecular weight excluding hydrogens is 312 g/mol. The molecular formula is C20H26N4O. The fourth-order valence-electron chi connectivity index (χ4n) is 3.24. The minimum atomic E-state index is -0.0968. The predicted molar refractivity (Wildman–Crippen MR) is 99.6 cm³/mol. The normalized spacial score (nSPS) is 15.4. The van der Waals surface area contributed by atoms with Gasteiger partial charge < -0.3 is 10.6 Å². The first-order valence-electron chi connectivity index (χ1n) is 9.22. The summed E-state index contributed by atoms with van der Waals surface area (Å²) < 4.78 is 0. The molecule has 2 N–H and O–H groups in total. The van der Waals surface area contributed by atoms with Gasteiger partial charge in [-0.2, -0.15) is 0 Å². The summed E-state index contributed by atoms with van der Waals surface area (Å²) in [6.07, 6.45) is 9.44. The number of carbonyl (C=O) groups excluding carboxylic acids is 1. The molecule has 1 aromatic carbocycles. The Morgan fingerprint density at radius 3 is 2.56 bits per heavy atom. The van der Waals surface area contributed by atoms with Gasteiger partial charge in [0.1, 0.15) is 17.8 Å². The Morgan fingerprint density at radius 2 is 1.80 bits per heavy atom. The maximum atomic E-state index is 12.4. The highest BCUT2D eigenvalue weighted by Crippen LogP contribution is 2.17. The molecule has 5 nitrogen and oxygen atoms in total. The number of rotatable bonds is 6. The van der Waals surface area contributed by atoms with Crippen LogP contribution in [0.5, 0.6) is 0 Å². The Labute approximate surface area is 149 Å². The molecule has 0 atom stereocenters. The molecule has 132 valence electrons. The Kier molecular flexibility index (Phi) is 6.37. The zero-order valence-corrected chi connectivity index (χ0v) is 14.6. The van der Waals surface area contributed by atoms with Crippen molar-refractivity contribution in [3.05, 3.63) is 54.0 Å². The topological polar surface area (TPSA) is 66.9 Å². The van der Waals surface area contributed by atoms with Crippen LogP contribution in [-0.4, -0.2) is 28.5 Å². The molecule has 1 aliphatic rings. The van der Waals surface area contributed by atoms with E-state index in [2.05, 4.69) is 32.7 Å². The number of amides is 1. The van der Waals surface area contributed by atoms with Crippen LogP contribution in [0.2, 0.25) is 0 Å². The van der Waals surface area contributed by atoms with Crippen molar-refractivity contribution in [1.82, 2.24) is 15.3 Å². The van der Waals surface area contributed by atoms with Crippen molar-refractivity contribution in [1.29, 1.82) is 0 Å². The number of aromatic nitrogens is 2. The zero-order chi connectivity index (χ0) is 17.3. The third-order valence-corrected chi connectivity index (χ3v) is 4.65. The van der Waals surface area contributed by atoms with Gasteiger partial charge in [0.15, 0.2) is 0 Å². The van der Waals surface area contributed by atoms with Crippen LogP contribution >= 0.6 is 0 Å². The lowest BCUT2D eigenvalue weighted by Gasteiger charge is -2.16. The highest BCUT2D eigenvalue weighted by molar-refractivity contribution is 5.93. The van der Waals surface area contributed by atoms with Crippen LogP contribution in [0.3, 0.4) is 0 Å². The molecule has 1 amide bonds. The largest absolute Gasteiger partial charge is 0.370 e. The summed E-state index contributed by atoms with van der Waals surface area (Å²) in [5.74, 6) is 0.595. The van der Waals surface area contributed by atoms with E-state index in [-0.39, 0.29) is 11.9 Å². The highest BCUT2D eigenvalue weighted by atomic mass is 16.1. The van der Waals surface area contributed by atoms with Crippen molar-refractivity contribution >= 4 is 11.7 Å². The lowest BCUT2D eigenvalue weighted by Crippen LogP contribution is -2.35. The second-order valence-electron chi connectivity index (χ2n) is 6.61. The fourth-order valence-corrected chi connectivity index (χ4v) is 3.24. The van der Waals surface area contributed by atoms with Gasteiger partial charge >= 0.3 is 0 Å². The number of nitrogens with zero attached hydrogens (tertiary/aromatic N) is 2. The highest BCUT2D eigenvalue weighted by Gasteiger charge is 2.16. The Morgan fingerprint density at radius 1 is 1.04 bits per heavy atom. The fraction of sp³-hybridized carbons (Fsp3) is 0.450. The Balaban J connectivity index is 1.52. The van der Waals surface area contributed by atoms with Crippen molar-refractivity contribution in [3.8, 4) is 0 Å². The van der Waals surface area contributed by atoms with Crippen LogP contribution in [0.15, 0.2) is 42.7 Å². The van der Waals surface area contributed by atoms with Crippen LogP contribution < -0.4 is 10.6 Å². The number of anilines is 1. The van der Waals surface area contributed by atoms with E-state index < -0.39 is 0 Å². The van der Waals surface area contributed by atoms with Crippen molar-refractivity contribution in [2.45, 2.75) is 51.0 Å². The van der Waals surface area contributed by atoms with Crippen molar-refractivity contribution in [2.75, 3.05) is 11.9 Å². The van der Waals surface area contributed by atoms with Gasteiger partial charge in [-0.25, -0.2) is 9.97 Å². The summed E-state index contributed by atoms with van der Waals surface area (Å²) in [6, 6.07) is 12.3. The first kappa shape index (κ1) is 17.4. The molecule has 0 unspecified atom stereocenters. The van der Waals surface area contributed by atoms with E-state index in [1.165, 1.54) is 37.6 Å². The second kappa shape index (κ2) is 9.16. The second-order valence-corrected chi connectivity index (χ2v) is 6.61. The monoisotopic (exact) mass is 338 g/mol. The van der Waals surface area contributed by atoms with E-state index in [1.54, 1.807) is 6.07 Å². The standard InChI is InChI=1S/C20H26N4O/c25-20(24-17-10-6-1-2-7-11-17)18-14-19(23-15-22-18)21-13-12-16-8-4-3-5-9-16/h3-5,8-9,14-15,17H,1-2,6-7,10-13H2,(H,24,25)(H,21,22,23). The molecule has 25 heavy (non-hydrogen) atoms. The van der Waals surface area contributed by atoms with Gasteiger partial charge in [-0.3, -0.25) is 4.79 Å². The summed E-state index contributed by atoms with van der Waals surface area (Å²) in [4.78, 5) is 20.8. The molecule has 0 bridgehead atoms. The van der Waals surface area contributed by atoms with Crippen LogP contribution in [0.25, 0.3) is 0 Å². The van der Waals surface area contributed by atoms with Gasteiger partial charge in [-0.05, 0) is 24.8 Å². The van der Waals surface area contributed by atoms with Crippen molar-refractivity contribution in [3.63, 3.8) is 0 Å². The molecule has 5 heteroatoms. The number of nitrogens with one attached hydrogen (secondary N) is 2.